The zero-order chi connectivity index (χ0) is 19.8. The van der Waals surface area contributed by atoms with Gasteiger partial charge in [-0.1, -0.05) is 12.1 Å². The summed E-state index contributed by atoms with van der Waals surface area (Å²) in [5.74, 6) is 0.175. The Bertz CT molecular complexity index is 575. The summed E-state index contributed by atoms with van der Waals surface area (Å²) in [4.78, 5) is 25.1. The van der Waals surface area contributed by atoms with Crippen LogP contribution in [-0.2, 0) is 25.6 Å². The van der Waals surface area contributed by atoms with Gasteiger partial charge in [-0.2, -0.15) is 0 Å². The molecule has 0 heterocycles. The molecule has 0 aliphatic rings. The number of hydrogen-bond donors (Lipinski definition) is 0. The van der Waals surface area contributed by atoms with E-state index in [1.54, 1.807) is 21.0 Å². The van der Waals surface area contributed by atoms with Gasteiger partial charge in [-0.25, -0.2) is 4.79 Å². The third-order valence-electron chi connectivity index (χ3n) is 3.54. The van der Waals surface area contributed by atoms with Crippen molar-refractivity contribution in [3.63, 3.8) is 0 Å². The van der Waals surface area contributed by atoms with Crippen molar-refractivity contribution in [3.05, 3.63) is 29.8 Å². The van der Waals surface area contributed by atoms with Crippen LogP contribution in [0.1, 0.15) is 40.2 Å². The van der Waals surface area contributed by atoms with Crippen LogP contribution in [0.5, 0.6) is 5.75 Å². The van der Waals surface area contributed by atoms with Crippen LogP contribution in [0.25, 0.3) is 0 Å². The first-order valence-electron chi connectivity index (χ1n) is 8.74. The largest absolute Gasteiger partial charge is 0.476 e. The number of esters is 1. The number of benzene rings is 1. The van der Waals surface area contributed by atoms with Gasteiger partial charge in [0, 0.05) is 20.2 Å². The van der Waals surface area contributed by atoms with E-state index in [9.17, 15) is 9.59 Å². The van der Waals surface area contributed by atoms with Gasteiger partial charge in [0.25, 0.3) is 0 Å². The highest BCUT2D eigenvalue weighted by Crippen LogP contribution is 2.22. The quantitative estimate of drug-likeness (QED) is 0.469. The number of methoxy groups -OCH3 is 1. The zero-order valence-corrected chi connectivity index (χ0v) is 16.7. The maximum Gasteiger partial charge on any atom is 0.350 e. The van der Waals surface area contributed by atoms with E-state index in [1.807, 2.05) is 49.9 Å². The lowest BCUT2D eigenvalue weighted by atomic mass is 10.1. The van der Waals surface area contributed by atoms with E-state index in [4.69, 9.17) is 14.2 Å². The molecule has 0 saturated carbocycles. The molecule has 146 valence electrons. The van der Waals surface area contributed by atoms with Crippen LogP contribution in [0, 0.1) is 0 Å². The third-order valence-corrected chi connectivity index (χ3v) is 3.54. The van der Waals surface area contributed by atoms with Gasteiger partial charge in [-0.15, -0.1) is 0 Å². The van der Waals surface area contributed by atoms with Crippen molar-refractivity contribution in [2.75, 3.05) is 26.8 Å². The molecule has 0 amide bonds. The van der Waals surface area contributed by atoms with Gasteiger partial charge in [0.1, 0.15) is 17.6 Å². The Morgan fingerprint density at radius 3 is 2.23 bits per heavy atom. The van der Waals surface area contributed by atoms with Crippen LogP contribution in [0.2, 0.25) is 0 Å². The highest BCUT2D eigenvalue weighted by molar-refractivity contribution is 5.79. The van der Waals surface area contributed by atoms with Crippen LogP contribution in [0.4, 0.5) is 0 Å². The molecule has 0 fully saturated rings. The summed E-state index contributed by atoms with van der Waals surface area (Å²) in [5.41, 5.74) is -0.604. The maximum atomic E-state index is 12.3. The molecule has 0 spiro atoms. The van der Waals surface area contributed by atoms with Crippen LogP contribution in [0.15, 0.2) is 24.3 Å². The second kappa shape index (κ2) is 9.69. The van der Waals surface area contributed by atoms with E-state index in [0.29, 0.717) is 32.0 Å². The molecule has 26 heavy (non-hydrogen) atoms. The monoisotopic (exact) mass is 365 g/mol. The fourth-order valence-corrected chi connectivity index (χ4v) is 2.22. The summed E-state index contributed by atoms with van der Waals surface area (Å²) in [5, 5.41) is 0. The van der Waals surface area contributed by atoms with Crippen molar-refractivity contribution in [3.8, 4) is 5.75 Å². The molecule has 0 aliphatic heterocycles. The number of nitrogens with zero attached hydrogens (tertiary/aromatic N) is 1. The number of ether oxygens (including phenoxy) is 3. The molecular formula is C20H31NO5. The first kappa shape index (κ1) is 22.1. The SMILES string of the molecule is COCCN(CC=O)Cc1ccc(OC(C)(C)C(=O)OC(C)(C)C)cc1. The molecule has 0 N–H and O–H groups in total. The average molecular weight is 365 g/mol. The molecule has 0 saturated heterocycles. The van der Waals surface area contributed by atoms with Crippen molar-refractivity contribution in [1.82, 2.24) is 4.90 Å². The fraction of sp³-hybridized carbons (Fsp3) is 0.600. The number of rotatable bonds is 10. The molecular weight excluding hydrogens is 334 g/mol. The van der Waals surface area contributed by atoms with E-state index in [-0.39, 0.29) is 0 Å². The molecule has 0 aromatic heterocycles. The topological polar surface area (TPSA) is 65.1 Å². The van der Waals surface area contributed by atoms with E-state index >= 15 is 0 Å². The number of carbonyl (C=O) groups excluding carboxylic acids is 2. The molecule has 0 radical (unpaired) electrons. The number of hydrogen-bond acceptors (Lipinski definition) is 6. The Balaban J connectivity index is 2.71. The van der Waals surface area contributed by atoms with Crippen LogP contribution < -0.4 is 4.74 Å². The Morgan fingerprint density at radius 1 is 1.12 bits per heavy atom. The van der Waals surface area contributed by atoms with Crippen molar-refractivity contribution < 1.29 is 23.8 Å². The summed E-state index contributed by atoms with van der Waals surface area (Å²) in [6.45, 7) is 11.1. The minimum absolute atomic E-state index is 0.354. The summed E-state index contributed by atoms with van der Waals surface area (Å²) in [6.07, 6.45) is 0.885. The van der Waals surface area contributed by atoms with Gasteiger partial charge in [0.2, 0.25) is 0 Å². The Labute approximate surface area is 156 Å². The summed E-state index contributed by atoms with van der Waals surface area (Å²) in [7, 11) is 1.64. The van der Waals surface area contributed by atoms with Crippen molar-refractivity contribution in [2.45, 2.75) is 52.4 Å². The second-order valence-corrected chi connectivity index (χ2v) is 7.65. The van der Waals surface area contributed by atoms with Gasteiger partial charge in [-0.05, 0) is 52.3 Å². The molecule has 1 aromatic carbocycles. The molecule has 0 aliphatic carbocycles. The van der Waals surface area contributed by atoms with Gasteiger partial charge in [0.15, 0.2) is 5.60 Å². The van der Waals surface area contributed by atoms with Crippen molar-refractivity contribution in [2.24, 2.45) is 0 Å². The normalized spacial score (nSPS) is 12.1. The molecule has 0 unspecified atom stereocenters. The maximum absolute atomic E-state index is 12.3. The predicted octanol–water partition coefficient (Wildman–Crippen LogP) is 2.83. The van der Waals surface area contributed by atoms with E-state index in [2.05, 4.69) is 0 Å². The van der Waals surface area contributed by atoms with Crippen LogP contribution >= 0.6 is 0 Å². The lowest BCUT2D eigenvalue weighted by Crippen LogP contribution is -2.43. The third kappa shape index (κ3) is 7.97. The van der Waals surface area contributed by atoms with Gasteiger partial charge in [0.05, 0.1) is 13.2 Å². The van der Waals surface area contributed by atoms with Crippen molar-refractivity contribution in [1.29, 1.82) is 0 Å². The fourth-order valence-electron chi connectivity index (χ4n) is 2.22. The molecule has 6 heteroatoms. The lowest BCUT2D eigenvalue weighted by molar-refractivity contribution is -0.170. The zero-order valence-electron chi connectivity index (χ0n) is 16.7. The highest BCUT2D eigenvalue weighted by atomic mass is 16.6. The molecule has 0 bridgehead atoms. The molecule has 6 nitrogen and oxygen atoms in total. The Kier molecular flexibility index (Phi) is 8.24. The molecule has 1 rings (SSSR count). The Morgan fingerprint density at radius 2 is 1.73 bits per heavy atom. The van der Waals surface area contributed by atoms with E-state index < -0.39 is 17.2 Å². The first-order chi connectivity index (χ1) is 12.1. The summed E-state index contributed by atoms with van der Waals surface area (Å²) < 4.78 is 16.3. The number of aldehydes is 1. The van der Waals surface area contributed by atoms with Gasteiger partial charge in [-0.3, -0.25) is 4.90 Å². The minimum Gasteiger partial charge on any atom is -0.476 e. The predicted molar refractivity (Wildman–Crippen MR) is 100 cm³/mol. The van der Waals surface area contributed by atoms with Crippen LogP contribution in [-0.4, -0.2) is 55.2 Å². The summed E-state index contributed by atoms with van der Waals surface area (Å²) >= 11 is 0. The summed E-state index contributed by atoms with van der Waals surface area (Å²) in [6, 6.07) is 7.48. The second-order valence-electron chi connectivity index (χ2n) is 7.65. The minimum atomic E-state index is -1.09. The molecule has 0 atom stereocenters. The molecule has 1 aromatic rings. The lowest BCUT2D eigenvalue weighted by Gasteiger charge is -2.29. The Hall–Kier alpha value is -1.92. The highest BCUT2D eigenvalue weighted by Gasteiger charge is 2.34. The van der Waals surface area contributed by atoms with Gasteiger partial charge < -0.3 is 19.0 Å². The van der Waals surface area contributed by atoms with Gasteiger partial charge >= 0.3 is 5.97 Å². The van der Waals surface area contributed by atoms with Crippen molar-refractivity contribution >= 4 is 12.3 Å². The average Bonchev–Trinajstić information content (AvgIpc) is 2.52. The number of carbonyl (C=O) groups is 2. The van der Waals surface area contributed by atoms with E-state index in [1.165, 1.54) is 0 Å². The van der Waals surface area contributed by atoms with Crippen LogP contribution in [0.3, 0.4) is 0 Å². The van der Waals surface area contributed by atoms with E-state index in [0.717, 1.165) is 11.8 Å². The standard InChI is InChI=1S/C20H31NO5/c1-19(2,3)26-18(23)20(4,5)25-17-9-7-16(8-10-17)15-21(11-13-22)12-14-24-6/h7-10,13H,11-12,14-15H2,1-6H3. The smallest absolute Gasteiger partial charge is 0.350 e. The first-order valence-corrected chi connectivity index (χ1v) is 8.74.